The first kappa shape index (κ1) is 8.38. The van der Waals surface area contributed by atoms with Gasteiger partial charge in [-0.1, -0.05) is 12.1 Å². The van der Waals surface area contributed by atoms with Crippen molar-refractivity contribution in [1.82, 2.24) is 0 Å². The van der Waals surface area contributed by atoms with Crippen LogP contribution in [0.4, 0.5) is 0 Å². The smallest absolute Gasteiger partial charge is 0.161 e. The van der Waals surface area contributed by atoms with E-state index in [0.717, 1.165) is 5.75 Å². The molecule has 0 saturated heterocycles. The molecule has 1 aliphatic heterocycles. The van der Waals surface area contributed by atoms with Crippen LogP contribution in [0.3, 0.4) is 0 Å². The van der Waals surface area contributed by atoms with Crippen LogP contribution in [-0.4, -0.2) is 23.9 Å². The molecule has 1 aromatic rings. The van der Waals surface area contributed by atoms with Crippen molar-refractivity contribution < 1.29 is 14.6 Å². The number of aliphatic hydroxyl groups is 1. The number of ether oxygens (including phenoxy) is 2. The van der Waals surface area contributed by atoms with Crippen molar-refractivity contribution in [2.45, 2.75) is 19.1 Å². The van der Waals surface area contributed by atoms with Gasteiger partial charge in [-0.15, -0.1) is 0 Å². The third kappa shape index (κ3) is 1.47. The largest absolute Gasteiger partial charge is 0.483 e. The summed E-state index contributed by atoms with van der Waals surface area (Å²) in [4.78, 5) is 0. The third-order valence-corrected chi connectivity index (χ3v) is 2.14. The summed E-state index contributed by atoms with van der Waals surface area (Å²) in [6.07, 6.45) is -0.352. The molecule has 1 heterocycles. The molecule has 0 unspecified atom stereocenters. The normalized spacial score (nSPS) is 25.7. The zero-order valence-corrected chi connectivity index (χ0v) is 7.43. The van der Waals surface area contributed by atoms with Crippen LogP contribution in [0.5, 0.6) is 11.5 Å². The van der Waals surface area contributed by atoms with E-state index in [9.17, 15) is 0 Å². The lowest BCUT2D eigenvalue weighted by Crippen LogP contribution is -2.40. The maximum absolute atomic E-state index is 8.98. The summed E-state index contributed by atoms with van der Waals surface area (Å²) >= 11 is 0. The van der Waals surface area contributed by atoms with Crippen LogP contribution in [0.15, 0.2) is 24.3 Å². The van der Waals surface area contributed by atoms with Gasteiger partial charge in [0.25, 0.3) is 0 Å². The Kier molecular flexibility index (Phi) is 2.10. The van der Waals surface area contributed by atoms with Gasteiger partial charge in [-0.2, -0.15) is 0 Å². The van der Waals surface area contributed by atoms with E-state index in [2.05, 4.69) is 0 Å². The predicted molar refractivity (Wildman–Crippen MR) is 48.0 cm³/mol. The Bertz CT molecular complexity index is 298. The lowest BCUT2D eigenvalue weighted by molar-refractivity contribution is -0.00186. The maximum Gasteiger partial charge on any atom is 0.161 e. The summed E-state index contributed by atoms with van der Waals surface area (Å²) in [5.41, 5.74) is 0. The Labute approximate surface area is 76.9 Å². The van der Waals surface area contributed by atoms with Crippen molar-refractivity contribution in [3.63, 3.8) is 0 Å². The summed E-state index contributed by atoms with van der Waals surface area (Å²) in [5.74, 6) is 1.46. The van der Waals surface area contributed by atoms with Gasteiger partial charge in [0.2, 0.25) is 0 Å². The Morgan fingerprint density at radius 1 is 1.23 bits per heavy atom. The van der Waals surface area contributed by atoms with E-state index >= 15 is 0 Å². The third-order valence-electron chi connectivity index (χ3n) is 2.14. The molecule has 0 radical (unpaired) electrons. The molecule has 0 aromatic heterocycles. The van der Waals surface area contributed by atoms with Crippen molar-refractivity contribution >= 4 is 0 Å². The Morgan fingerprint density at radius 3 is 2.46 bits per heavy atom. The molecule has 0 spiro atoms. The molecule has 0 bridgehead atoms. The molecule has 70 valence electrons. The zero-order valence-electron chi connectivity index (χ0n) is 7.43. The van der Waals surface area contributed by atoms with Crippen molar-refractivity contribution in [2.24, 2.45) is 0 Å². The molecule has 1 N–H and O–H groups in total. The quantitative estimate of drug-likeness (QED) is 0.706. The molecule has 3 nitrogen and oxygen atoms in total. The topological polar surface area (TPSA) is 38.7 Å². The molecule has 3 heteroatoms. The average Bonchev–Trinajstić information content (AvgIpc) is 2.17. The Morgan fingerprint density at radius 2 is 1.85 bits per heavy atom. The SMILES string of the molecule is C[C@@H]1Oc2ccccc2O[C@@H]1CO. The first-order valence-corrected chi connectivity index (χ1v) is 4.34. The van der Waals surface area contributed by atoms with E-state index in [1.54, 1.807) is 0 Å². The lowest BCUT2D eigenvalue weighted by Gasteiger charge is -2.30. The van der Waals surface area contributed by atoms with Gasteiger partial charge >= 0.3 is 0 Å². The highest BCUT2D eigenvalue weighted by Gasteiger charge is 2.26. The Balaban J connectivity index is 2.27. The minimum absolute atomic E-state index is 0.0184. The number of hydrogen-bond donors (Lipinski definition) is 1. The van der Waals surface area contributed by atoms with E-state index < -0.39 is 0 Å². The van der Waals surface area contributed by atoms with Crippen molar-refractivity contribution in [3.05, 3.63) is 24.3 Å². The van der Waals surface area contributed by atoms with Crippen LogP contribution in [-0.2, 0) is 0 Å². The number of hydrogen-bond acceptors (Lipinski definition) is 3. The molecular weight excluding hydrogens is 168 g/mol. The van der Waals surface area contributed by atoms with Gasteiger partial charge < -0.3 is 14.6 Å². The molecule has 0 saturated carbocycles. The zero-order chi connectivity index (χ0) is 9.26. The highest BCUT2D eigenvalue weighted by molar-refractivity contribution is 5.41. The van der Waals surface area contributed by atoms with E-state index in [1.807, 2.05) is 31.2 Å². The number of benzene rings is 1. The molecule has 2 atom stereocenters. The summed E-state index contributed by atoms with van der Waals surface area (Å²) in [7, 11) is 0. The maximum atomic E-state index is 8.98. The second kappa shape index (κ2) is 3.26. The summed E-state index contributed by atoms with van der Waals surface area (Å²) in [6, 6.07) is 7.48. The van der Waals surface area contributed by atoms with Crippen molar-refractivity contribution in [1.29, 1.82) is 0 Å². The minimum atomic E-state index is -0.255. The highest BCUT2D eigenvalue weighted by Crippen LogP contribution is 2.33. The lowest BCUT2D eigenvalue weighted by atomic mass is 10.2. The van der Waals surface area contributed by atoms with Crippen LogP contribution < -0.4 is 9.47 Å². The molecular formula is C10H12O3. The van der Waals surface area contributed by atoms with Gasteiger partial charge in [-0.05, 0) is 19.1 Å². The van der Waals surface area contributed by atoms with Crippen LogP contribution >= 0.6 is 0 Å². The summed E-state index contributed by atoms with van der Waals surface area (Å²) in [6.45, 7) is 1.87. The van der Waals surface area contributed by atoms with Crippen LogP contribution in [0.1, 0.15) is 6.92 Å². The molecule has 0 fully saturated rings. The molecule has 13 heavy (non-hydrogen) atoms. The van der Waals surface area contributed by atoms with Gasteiger partial charge in [-0.3, -0.25) is 0 Å². The van der Waals surface area contributed by atoms with Gasteiger partial charge in [-0.25, -0.2) is 0 Å². The standard InChI is InChI=1S/C10H12O3/c1-7-10(6-11)13-9-5-3-2-4-8(9)12-7/h2-5,7,10-11H,6H2,1H3/t7-,10+/m0/s1. The van der Waals surface area contributed by atoms with Gasteiger partial charge in [0.15, 0.2) is 17.6 Å². The van der Waals surface area contributed by atoms with E-state index in [1.165, 1.54) is 0 Å². The van der Waals surface area contributed by atoms with Crippen LogP contribution in [0.2, 0.25) is 0 Å². The molecule has 0 amide bonds. The van der Waals surface area contributed by atoms with Crippen LogP contribution in [0.25, 0.3) is 0 Å². The minimum Gasteiger partial charge on any atom is -0.483 e. The van der Waals surface area contributed by atoms with Crippen LogP contribution in [0, 0.1) is 0 Å². The van der Waals surface area contributed by atoms with Crippen molar-refractivity contribution in [3.8, 4) is 11.5 Å². The fourth-order valence-corrected chi connectivity index (χ4v) is 1.37. The first-order valence-electron chi connectivity index (χ1n) is 4.34. The van der Waals surface area contributed by atoms with Crippen molar-refractivity contribution in [2.75, 3.05) is 6.61 Å². The average molecular weight is 180 g/mol. The molecule has 0 aliphatic carbocycles. The Hall–Kier alpha value is -1.22. The fraction of sp³-hybridized carbons (Fsp3) is 0.400. The van der Waals surface area contributed by atoms with Gasteiger partial charge in [0.1, 0.15) is 6.10 Å². The predicted octanol–water partition coefficient (Wildman–Crippen LogP) is 1.21. The number of rotatable bonds is 1. The second-order valence-electron chi connectivity index (χ2n) is 3.11. The molecule has 2 rings (SSSR count). The van der Waals surface area contributed by atoms with E-state index in [-0.39, 0.29) is 18.8 Å². The number of para-hydroxylation sites is 2. The monoisotopic (exact) mass is 180 g/mol. The summed E-state index contributed by atoms with van der Waals surface area (Å²) < 4.78 is 11.1. The van der Waals surface area contributed by atoms with Gasteiger partial charge in [0.05, 0.1) is 6.61 Å². The summed E-state index contributed by atoms with van der Waals surface area (Å²) in [5, 5.41) is 8.98. The first-order chi connectivity index (χ1) is 6.31. The van der Waals surface area contributed by atoms with E-state index in [4.69, 9.17) is 14.6 Å². The number of aliphatic hydroxyl groups excluding tert-OH is 1. The highest BCUT2D eigenvalue weighted by atomic mass is 16.6. The second-order valence-corrected chi connectivity index (χ2v) is 3.11. The van der Waals surface area contributed by atoms with E-state index in [0.29, 0.717) is 5.75 Å². The van der Waals surface area contributed by atoms with Gasteiger partial charge in [0, 0.05) is 0 Å². The molecule has 1 aromatic carbocycles. The molecule has 1 aliphatic rings. The number of fused-ring (bicyclic) bond motifs is 1. The fourth-order valence-electron chi connectivity index (χ4n) is 1.37.